The summed E-state index contributed by atoms with van der Waals surface area (Å²) >= 11 is 0. The molecule has 1 aliphatic carbocycles. The topological polar surface area (TPSA) is 3.24 Å². The lowest BCUT2D eigenvalue weighted by molar-refractivity contribution is 0.761. The van der Waals surface area contributed by atoms with Crippen LogP contribution in [0, 0.1) is 6.92 Å². The fourth-order valence-corrected chi connectivity index (χ4v) is 8.16. The molecular weight excluding hydrogens is 615 g/mol. The molecule has 0 spiro atoms. The van der Waals surface area contributed by atoms with Crippen molar-refractivity contribution in [2.75, 3.05) is 4.90 Å². The Morgan fingerprint density at radius 2 is 0.765 bits per heavy atom. The van der Waals surface area contributed by atoms with Crippen LogP contribution in [0.5, 0.6) is 0 Å². The van der Waals surface area contributed by atoms with Gasteiger partial charge in [-0.05, 0) is 105 Å². The third-order valence-corrected chi connectivity index (χ3v) is 10.5. The number of fused-ring (bicyclic) bond motifs is 3. The molecule has 0 aliphatic heterocycles. The van der Waals surface area contributed by atoms with Gasteiger partial charge in [-0.25, -0.2) is 0 Å². The van der Waals surface area contributed by atoms with Crippen LogP contribution in [0.15, 0.2) is 206 Å². The molecule has 0 heterocycles. The number of hydrogen-bond acceptors (Lipinski definition) is 1. The maximum Gasteiger partial charge on any atom is 0.0716 e. The van der Waals surface area contributed by atoms with Gasteiger partial charge in [0.05, 0.1) is 5.41 Å². The minimum absolute atomic E-state index is 0.478. The molecule has 0 N–H and O–H groups in total. The summed E-state index contributed by atoms with van der Waals surface area (Å²) in [6.07, 6.45) is 0. The van der Waals surface area contributed by atoms with Crippen LogP contribution < -0.4 is 4.90 Å². The first-order chi connectivity index (χ1) is 25.2. The van der Waals surface area contributed by atoms with Gasteiger partial charge < -0.3 is 4.90 Å². The van der Waals surface area contributed by atoms with Crippen molar-refractivity contribution in [1.82, 2.24) is 0 Å². The predicted octanol–water partition coefficient (Wildman–Crippen LogP) is 13.2. The van der Waals surface area contributed by atoms with Crippen molar-refractivity contribution in [2.45, 2.75) is 12.3 Å². The van der Waals surface area contributed by atoms with Gasteiger partial charge in [0, 0.05) is 17.1 Å². The van der Waals surface area contributed by atoms with Gasteiger partial charge in [0.25, 0.3) is 0 Å². The zero-order valence-electron chi connectivity index (χ0n) is 28.6. The summed E-state index contributed by atoms with van der Waals surface area (Å²) < 4.78 is 0. The molecule has 1 aliphatic rings. The maximum atomic E-state index is 2.45. The molecule has 1 atom stereocenters. The molecule has 0 radical (unpaired) electrons. The fourth-order valence-electron chi connectivity index (χ4n) is 8.16. The maximum absolute atomic E-state index is 2.45. The van der Waals surface area contributed by atoms with Crippen LogP contribution in [-0.4, -0.2) is 0 Å². The first kappa shape index (κ1) is 30.6. The summed E-state index contributed by atoms with van der Waals surface area (Å²) in [6, 6.07) is 75.2. The van der Waals surface area contributed by atoms with E-state index >= 15 is 0 Å². The SMILES string of the molecule is Cc1ccccc1C1(c2ccccc2)c2ccccc2-c2ccc(N(c3ccc(-c4ccccc4)cc3)c3ccc(-c4ccccc4)cc3)cc21. The molecule has 51 heavy (non-hydrogen) atoms. The number of hydrogen-bond donors (Lipinski definition) is 0. The molecule has 8 aromatic carbocycles. The number of anilines is 3. The van der Waals surface area contributed by atoms with Crippen molar-refractivity contribution >= 4 is 17.1 Å². The van der Waals surface area contributed by atoms with E-state index in [9.17, 15) is 0 Å². The highest BCUT2D eigenvalue weighted by atomic mass is 15.1. The lowest BCUT2D eigenvalue weighted by atomic mass is 9.66. The van der Waals surface area contributed by atoms with Gasteiger partial charge >= 0.3 is 0 Å². The average molecular weight is 652 g/mol. The van der Waals surface area contributed by atoms with Crippen LogP contribution in [0.1, 0.15) is 27.8 Å². The Kier molecular flexibility index (Phi) is 7.67. The third-order valence-electron chi connectivity index (χ3n) is 10.5. The van der Waals surface area contributed by atoms with E-state index in [1.807, 2.05) is 0 Å². The molecular formula is C50H37N. The van der Waals surface area contributed by atoms with Crippen LogP contribution in [0.4, 0.5) is 17.1 Å². The molecule has 0 amide bonds. The van der Waals surface area contributed by atoms with Crippen molar-refractivity contribution in [2.24, 2.45) is 0 Å². The normalized spacial score (nSPS) is 14.5. The van der Waals surface area contributed by atoms with Gasteiger partial charge in [-0.2, -0.15) is 0 Å². The summed E-state index contributed by atoms with van der Waals surface area (Å²) in [5.41, 5.74) is 16.7. The van der Waals surface area contributed by atoms with E-state index < -0.39 is 5.41 Å². The molecule has 1 heteroatoms. The minimum atomic E-state index is -0.478. The first-order valence-corrected chi connectivity index (χ1v) is 17.7. The summed E-state index contributed by atoms with van der Waals surface area (Å²) in [6.45, 7) is 2.25. The van der Waals surface area contributed by atoms with Gasteiger partial charge in [0.1, 0.15) is 0 Å². The van der Waals surface area contributed by atoms with Gasteiger partial charge in [-0.15, -0.1) is 0 Å². The van der Waals surface area contributed by atoms with Crippen molar-refractivity contribution < 1.29 is 0 Å². The van der Waals surface area contributed by atoms with E-state index in [1.54, 1.807) is 0 Å². The van der Waals surface area contributed by atoms with E-state index in [4.69, 9.17) is 0 Å². The quantitative estimate of drug-likeness (QED) is 0.166. The molecule has 0 fully saturated rings. The smallest absolute Gasteiger partial charge is 0.0716 e. The van der Waals surface area contributed by atoms with Crippen LogP contribution in [-0.2, 0) is 5.41 Å². The Labute approximate surface area is 300 Å². The molecule has 1 unspecified atom stereocenters. The van der Waals surface area contributed by atoms with Gasteiger partial charge in [0.15, 0.2) is 0 Å². The van der Waals surface area contributed by atoms with E-state index in [-0.39, 0.29) is 0 Å². The van der Waals surface area contributed by atoms with Gasteiger partial charge in [-0.1, -0.05) is 170 Å². The lowest BCUT2D eigenvalue weighted by Gasteiger charge is -2.36. The molecule has 0 aromatic heterocycles. The Balaban J connectivity index is 1.27. The van der Waals surface area contributed by atoms with E-state index in [0.29, 0.717) is 0 Å². The zero-order chi connectivity index (χ0) is 34.2. The standard InChI is InChI=1S/C50H37N/c1-36-15-11-13-23-47(36)50(41-20-9-4-10-21-41)48-24-14-12-22-45(48)46-34-33-44(35-49(46)50)51(42-29-25-39(26-30-42)37-16-5-2-6-17-37)43-31-27-40(28-32-43)38-18-7-3-8-19-38/h2-35H,1H3. The van der Waals surface area contributed by atoms with Crippen molar-refractivity contribution in [3.05, 3.63) is 234 Å². The second-order valence-corrected chi connectivity index (χ2v) is 13.4. The molecule has 8 aromatic rings. The molecule has 0 saturated heterocycles. The largest absolute Gasteiger partial charge is 0.310 e. The number of nitrogens with zero attached hydrogens (tertiary/aromatic N) is 1. The molecule has 0 saturated carbocycles. The number of benzene rings is 8. The highest BCUT2D eigenvalue weighted by Gasteiger charge is 2.47. The van der Waals surface area contributed by atoms with Crippen molar-refractivity contribution in [3.8, 4) is 33.4 Å². The Morgan fingerprint density at radius 3 is 1.33 bits per heavy atom. The summed E-state index contributed by atoms with van der Waals surface area (Å²) in [5.74, 6) is 0. The lowest BCUT2D eigenvalue weighted by Crippen LogP contribution is -2.29. The van der Waals surface area contributed by atoms with Crippen LogP contribution >= 0.6 is 0 Å². The molecule has 1 nitrogen and oxygen atoms in total. The first-order valence-electron chi connectivity index (χ1n) is 17.7. The van der Waals surface area contributed by atoms with E-state index in [0.717, 1.165) is 17.1 Å². The van der Waals surface area contributed by atoms with Gasteiger partial charge in [0.2, 0.25) is 0 Å². The van der Waals surface area contributed by atoms with Crippen LogP contribution in [0.25, 0.3) is 33.4 Å². The summed E-state index contributed by atoms with van der Waals surface area (Å²) in [4.78, 5) is 2.40. The second-order valence-electron chi connectivity index (χ2n) is 13.4. The monoisotopic (exact) mass is 651 g/mol. The summed E-state index contributed by atoms with van der Waals surface area (Å²) in [5, 5.41) is 0. The Hall–Kier alpha value is -6.44. The van der Waals surface area contributed by atoms with Crippen molar-refractivity contribution in [1.29, 1.82) is 0 Å². The molecule has 242 valence electrons. The zero-order valence-corrected chi connectivity index (χ0v) is 28.6. The van der Waals surface area contributed by atoms with Crippen LogP contribution in [0.2, 0.25) is 0 Å². The average Bonchev–Trinajstić information content (AvgIpc) is 3.50. The van der Waals surface area contributed by atoms with E-state index in [1.165, 1.54) is 61.2 Å². The third kappa shape index (κ3) is 5.18. The molecule has 9 rings (SSSR count). The fraction of sp³-hybridized carbons (Fsp3) is 0.0400. The highest BCUT2D eigenvalue weighted by molar-refractivity contribution is 5.90. The predicted molar refractivity (Wildman–Crippen MR) is 214 cm³/mol. The number of rotatable bonds is 7. The minimum Gasteiger partial charge on any atom is -0.310 e. The van der Waals surface area contributed by atoms with Crippen molar-refractivity contribution in [3.63, 3.8) is 0 Å². The molecule has 0 bridgehead atoms. The number of aryl methyl sites for hydroxylation is 1. The van der Waals surface area contributed by atoms with Crippen LogP contribution in [0.3, 0.4) is 0 Å². The summed E-state index contributed by atoms with van der Waals surface area (Å²) in [7, 11) is 0. The Bertz CT molecular complexity index is 2360. The Morgan fingerprint density at radius 1 is 0.333 bits per heavy atom. The van der Waals surface area contributed by atoms with E-state index in [2.05, 4.69) is 218 Å². The second kappa shape index (κ2) is 12.8. The highest BCUT2D eigenvalue weighted by Crippen LogP contribution is 2.57. The van der Waals surface area contributed by atoms with Gasteiger partial charge in [-0.3, -0.25) is 0 Å².